The predicted octanol–water partition coefficient (Wildman–Crippen LogP) is 5.98. The van der Waals surface area contributed by atoms with E-state index in [4.69, 9.17) is 4.43 Å². The van der Waals surface area contributed by atoms with E-state index in [-0.39, 0.29) is 11.1 Å². The molecule has 0 amide bonds. The topological polar surface area (TPSA) is 22.1 Å². The van der Waals surface area contributed by atoms with E-state index >= 15 is 0 Å². The first kappa shape index (κ1) is 20.1. The molecule has 150 valence electrons. The number of fused-ring (bicyclic) bond motifs is 1. The Hall–Kier alpha value is -2.23. The van der Waals surface area contributed by atoms with E-state index in [1.165, 1.54) is 35.2 Å². The maximum absolute atomic E-state index is 7.36. The Labute approximate surface area is 176 Å². The first-order valence-electron chi connectivity index (χ1n) is 10.7. The third-order valence-electron chi connectivity index (χ3n) is 6.27. The van der Waals surface area contributed by atoms with Crippen LogP contribution in [0.2, 0.25) is 11.1 Å². The van der Waals surface area contributed by atoms with Gasteiger partial charge in [0.2, 0.25) is 8.32 Å². The van der Waals surface area contributed by atoms with Crippen LogP contribution in [0.5, 0.6) is 0 Å². The van der Waals surface area contributed by atoms with E-state index < -0.39 is 8.32 Å². The molecule has 0 unspecified atom stereocenters. The van der Waals surface area contributed by atoms with E-state index in [0.29, 0.717) is 0 Å². The maximum Gasteiger partial charge on any atom is 0.230 e. The van der Waals surface area contributed by atoms with Gasteiger partial charge in [-0.05, 0) is 52.4 Å². The predicted molar refractivity (Wildman–Crippen MR) is 123 cm³/mol. The van der Waals surface area contributed by atoms with Crippen LogP contribution in [-0.4, -0.2) is 13.3 Å². The summed E-state index contributed by atoms with van der Waals surface area (Å²) in [5.41, 5.74) is 3.82. The van der Waals surface area contributed by atoms with Gasteiger partial charge in [0.25, 0.3) is 0 Å². The van der Waals surface area contributed by atoms with Crippen LogP contribution < -0.4 is 5.19 Å². The van der Waals surface area contributed by atoms with Gasteiger partial charge in [0.15, 0.2) is 0 Å². The van der Waals surface area contributed by atoms with Crippen molar-refractivity contribution in [2.24, 2.45) is 0 Å². The minimum atomic E-state index is -2.23. The molecule has 2 aromatic carbocycles. The van der Waals surface area contributed by atoms with Crippen molar-refractivity contribution in [2.45, 2.75) is 57.2 Å². The van der Waals surface area contributed by atoms with E-state index in [1.54, 1.807) is 0 Å². The molecule has 3 aromatic rings. The Morgan fingerprint density at radius 1 is 0.931 bits per heavy atom. The molecule has 0 spiro atoms. The maximum atomic E-state index is 7.36. The molecule has 0 saturated heterocycles. The second-order valence-corrected chi connectivity index (χ2v) is 13.6. The van der Waals surface area contributed by atoms with Crippen LogP contribution in [0.25, 0.3) is 0 Å². The van der Waals surface area contributed by atoms with Crippen molar-refractivity contribution in [1.82, 2.24) is 4.98 Å². The molecule has 3 heteroatoms. The molecule has 0 aliphatic carbocycles. The second-order valence-electron chi connectivity index (χ2n) is 9.13. The zero-order chi connectivity index (χ0) is 20.3. The number of benzene rings is 2. The van der Waals surface area contributed by atoms with Crippen LogP contribution in [0.4, 0.5) is 0 Å². The standard InChI is InChI=1S/C26H31NOSi/c1-26(2,3)29(19-11-15-22-14-7-8-17-25(22)29)28-24(21-12-5-4-6-13-21)20-23-16-9-10-18-27-23/h4-10,12-14,16-18,24H,11,15,19-20H2,1-3H3/t24-,29+/m1/s1. The summed E-state index contributed by atoms with van der Waals surface area (Å²) in [4.78, 5) is 4.60. The van der Waals surface area contributed by atoms with Crippen LogP contribution in [0.15, 0.2) is 79.0 Å². The molecule has 1 aromatic heterocycles. The summed E-state index contributed by atoms with van der Waals surface area (Å²) in [6, 6.07) is 27.1. The largest absolute Gasteiger partial charge is 0.405 e. The van der Waals surface area contributed by atoms with Gasteiger partial charge >= 0.3 is 0 Å². The zero-order valence-electron chi connectivity index (χ0n) is 17.8. The molecule has 2 nitrogen and oxygen atoms in total. The fourth-order valence-corrected chi connectivity index (χ4v) is 9.62. The van der Waals surface area contributed by atoms with E-state index in [1.807, 2.05) is 12.3 Å². The number of rotatable bonds is 5. The van der Waals surface area contributed by atoms with Gasteiger partial charge in [-0.15, -0.1) is 0 Å². The highest BCUT2D eigenvalue weighted by Gasteiger charge is 2.51. The van der Waals surface area contributed by atoms with Gasteiger partial charge in [-0.2, -0.15) is 0 Å². The fraction of sp³-hybridized carbons (Fsp3) is 0.346. The zero-order valence-corrected chi connectivity index (χ0v) is 18.8. The number of aromatic nitrogens is 1. The quantitative estimate of drug-likeness (QED) is 0.491. The SMILES string of the molecule is CC(C)(C)[Si@]1(O[C@H](Cc2ccccn2)c2ccccc2)CCCc2ccccc21. The summed E-state index contributed by atoms with van der Waals surface area (Å²) >= 11 is 0. The van der Waals surface area contributed by atoms with Crippen molar-refractivity contribution in [1.29, 1.82) is 0 Å². The lowest BCUT2D eigenvalue weighted by molar-refractivity contribution is 0.181. The summed E-state index contributed by atoms with van der Waals surface area (Å²) in [6.45, 7) is 7.14. The Bertz CT molecular complexity index is 936. The number of hydrogen-bond donors (Lipinski definition) is 0. The van der Waals surface area contributed by atoms with Gasteiger partial charge in [0.1, 0.15) is 0 Å². The lowest BCUT2D eigenvalue weighted by Crippen LogP contribution is -2.61. The van der Waals surface area contributed by atoms with Crippen LogP contribution >= 0.6 is 0 Å². The summed E-state index contributed by atoms with van der Waals surface area (Å²) in [5, 5.41) is 1.61. The molecule has 0 radical (unpaired) electrons. The van der Waals surface area contributed by atoms with Gasteiger partial charge in [-0.1, -0.05) is 81.4 Å². The minimum absolute atomic E-state index is 0.0168. The van der Waals surface area contributed by atoms with E-state index in [0.717, 1.165) is 12.1 Å². The molecule has 4 rings (SSSR count). The first-order valence-corrected chi connectivity index (χ1v) is 12.8. The highest BCUT2D eigenvalue weighted by Crippen LogP contribution is 2.45. The molecule has 2 atom stereocenters. The highest BCUT2D eigenvalue weighted by molar-refractivity contribution is 6.89. The van der Waals surface area contributed by atoms with Gasteiger partial charge in [-0.3, -0.25) is 4.98 Å². The molecule has 29 heavy (non-hydrogen) atoms. The lowest BCUT2D eigenvalue weighted by Gasteiger charge is -2.48. The van der Waals surface area contributed by atoms with Crippen molar-refractivity contribution in [3.8, 4) is 0 Å². The Morgan fingerprint density at radius 3 is 2.38 bits per heavy atom. The summed E-state index contributed by atoms with van der Waals surface area (Å²) in [6.07, 6.45) is 5.08. The van der Waals surface area contributed by atoms with Gasteiger partial charge < -0.3 is 4.43 Å². The molecule has 0 saturated carbocycles. The lowest BCUT2D eigenvalue weighted by atomic mass is 10.0. The van der Waals surface area contributed by atoms with E-state index in [2.05, 4.69) is 92.5 Å². The third kappa shape index (κ3) is 4.07. The number of aryl methyl sites for hydroxylation is 1. The van der Waals surface area contributed by atoms with Crippen molar-refractivity contribution in [3.05, 3.63) is 95.8 Å². The van der Waals surface area contributed by atoms with E-state index in [9.17, 15) is 0 Å². The highest BCUT2D eigenvalue weighted by atomic mass is 28.4. The monoisotopic (exact) mass is 401 g/mol. The number of hydrogen-bond acceptors (Lipinski definition) is 2. The summed E-state index contributed by atoms with van der Waals surface area (Å²) in [5.74, 6) is 0. The van der Waals surface area contributed by atoms with Gasteiger partial charge in [-0.25, -0.2) is 0 Å². The molecule has 1 aliphatic heterocycles. The smallest absolute Gasteiger partial charge is 0.230 e. The summed E-state index contributed by atoms with van der Waals surface area (Å²) < 4.78 is 7.36. The first-order chi connectivity index (χ1) is 14.0. The average Bonchev–Trinajstić information content (AvgIpc) is 2.74. The third-order valence-corrected chi connectivity index (χ3v) is 11.8. The van der Waals surface area contributed by atoms with Crippen LogP contribution in [-0.2, 0) is 17.3 Å². The Kier molecular flexibility index (Phi) is 5.71. The van der Waals surface area contributed by atoms with Crippen LogP contribution in [0.1, 0.15) is 50.1 Å². The molecule has 1 aliphatic rings. The molecule has 0 N–H and O–H groups in total. The average molecular weight is 402 g/mol. The normalized spacial score (nSPS) is 20.1. The Morgan fingerprint density at radius 2 is 1.66 bits per heavy atom. The Balaban J connectivity index is 1.78. The van der Waals surface area contributed by atoms with Crippen LogP contribution in [0.3, 0.4) is 0 Å². The van der Waals surface area contributed by atoms with Crippen molar-refractivity contribution < 1.29 is 4.43 Å². The second kappa shape index (κ2) is 8.25. The molecule has 2 heterocycles. The molecule has 0 fully saturated rings. The van der Waals surface area contributed by atoms with Crippen molar-refractivity contribution in [2.75, 3.05) is 0 Å². The van der Waals surface area contributed by atoms with Gasteiger partial charge in [0.05, 0.1) is 6.10 Å². The van der Waals surface area contributed by atoms with Crippen molar-refractivity contribution in [3.63, 3.8) is 0 Å². The molecular formula is C26H31NOSi. The van der Waals surface area contributed by atoms with Crippen molar-refractivity contribution >= 4 is 13.5 Å². The fourth-order valence-electron chi connectivity index (χ4n) is 4.72. The summed E-state index contributed by atoms with van der Waals surface area (Å²) in [7, 11) is -2.23. The minimum Gasteiger partial charge on any atom is -0.405 e. The van der Waals surface area contributed by atoms with Crippen LogP contribution in [0, 0.1) is 0 Å². The number of nitrogens with zero attached hydrogens (tertiary/aromatic N) is 1. The number of pyridine rings is 1. The molecule has 0 bridgehead atoms. The van der Waals surface area contributed by atoms with Gasteiger partial charge in [0, 0.05) is 18.3 Å². The molecular weight excluding hydrogens is 370 g/mol.